The topological polar surface area (TPSA) is 50.3 Å². The lowest BCUT2D eigenvalue weighted by Gasteiger charge is -2.10. The van der Waals surface area contributed by atoms with Gasteiger partial charge in [0.05, 0.1) is 23.7 Å². The van der Waals surface area contributed by atoms with Gasteiger partial charge < -0.3 is 4.74 Å². The van der Waals surface area contributed by atoms with E-state index >= 15 is 0 Å². The van der Waals surface area contributed by atoms with Crippen LogP contribution in [0.4, 0.5) is 0 Å². The predicted octanol–water partition coefficient (Wildman–Crippen LogP) is 3.52. The summed E-state index contributed by atoms with van der Waals surface area (Å²) in [5.41, 5.74) is 3.94. The number of para-hydroxylation sites is 3. The van der Waals surface area contributed by atoms with Crippen molar-refractivity contribution in [2.45, 2.75) is 0 Å². The van der Waals surface area contributed by atoms with Gasteiger partial charge in [-0.15, -0.1) is 0 Å². The molecule has 0 spiro atoms. The molecule has 21 heavy (non-hydrogen) atoms. The van der Waals surface area contributed by atoms with Gasteiger partial charge in [0.15, 0.2) is 5.65 Å². The number of methoxy groups -OCH3 is 1. The highest BCUT2D eigenvalue weighted by atomic mass is 16.5. The number of nitriles is 1. The van der Waals surface area contributed by atoms with Crippen LogP contribution in [0, 0.1) is 11.3 Å². The van der Waals surface area contributed by atoms with Crippen LogP contribution in [-0.4, -0.2) is 16.5 Å². The summed E-state index contributed by atoms with van der Waals surface area (Å²) in [6, 6.07) is 18.0. The van der Waals surface area contributed by atoms with Crippen LogP contribution in [0.15, 0.2) is 48.5 Å². The monoisotopic (exact) mass is 273 g/mol. The third-order valence-corrected chi connectivity index (χ3v) is 3.72. The molecule has 4 aromatic rings. The summed E-state index contributed by atoms with van der Waals surface area (Å²) in [5, 5.41) is 10.5. The predicted molar refractivity (Wildman–Crippen MR) is 81.5 cm³/mol. The molecule has 0 bridgehead atoms. The first-order chi connectivity index (χ1) is 10.3. The van der Waals surface area contributed by atoms with E-state index in [1.54, 1.807) is 7.11 Å². The van der Waals surface area contributed by atoms with Gasteiger partial charge in [-0.25, -0.2) is 4.98 Å². The molecule has 2 heterocycles. The zero-order valence-electron chi connectivity index (χ0n) is 11.4. The second-order valence-electron chi connectivity index (χ2n) is 4.80. The average molecular weight is 273 g/mol. The van der Waals surface area contributed by atoms with E-state index < -0.39 is 0 Å². The minimum Gasteiger partial charge on any atom is -0.495 e. The van der Waals surface area contributed by atoms with Crippen LogP contribution in [0.5, 0.6) is 5.75 Å². The Morgan fingerprint density at radius 3 is 2.52 bits per heavy atom. The second-order valence-corrected chi connectivity index (χ2v) is 4.80. The second kappa shape index (κ2) is 4.22. The van der Waals surface area contributed by atoms with E-state index in [-0.39, 0.29) is 0 Å². The summed E-state index contributed by atoms with van der Waals surface area (Å²) < 4.78 is 7.50. The fourth-order valence-electron chi connectivity index (χ4n) is 2.85. The Morgan fingerprint density at radius 2 is 1.76 bits per heavy atom. The van der Waals surface area contributed by atoms with Crippen LogP contribution < -0.4 is 4.74 Å². The van der Waals surface area contributed by atoms with Crippen LogP contribution in [0.3, 0.4) is 0 Å². The van der Waals surface area contributed by atoms with Gasteiger partial charge in [-0.2, -0.15) is 5.26 Å². The highest BCUT2D eigenvalue weighted by Crippen LogP contribution is 2.34. The van der Waals surface area contributed by atoms with Crippen molar-refractivity contribution in [1.29, 1.82) is 5.26 Å². The molecule has 0 unspecified atom stereocenters. The van der Waals surface area contributed by atoms with Crippen molar-refractivity contribution >= 4 is 27.6 Å². The normalized spacial score (nSPS) is 11.0. The maximum Gasteiger partial charge on any atom is 0.160 e. The standard InChI is InChI=1S/C17H11N3O/c1-21-16-11-6-2-4-8-14(11)20-15-9-5-3-7-13(15)19-17(20)12(16)10-18/h2-9H,1H3. The SMILES string of the molecule is COc1c(C#N)c2nc3ccccc3n2c2ccccc12. The Hall–Kier alpha value is -3.06. The summed E-state index contributed by atoms with van der Waals surface area (Å²) >= 11 is 0. The summed E-state index contributed by atoms with van der Waals surface area (Å²) in [5.74, 6) is 0.580. The molecule has 4 rings (SSSR count). The van der Waals surface area contributed by atoms with Crippen molar-refractivity contribution in [3.8, 4) is 11.8 Å². The Morgan fingerprint density at radius 1 is 1.05 bits per heavy atom. The Kier molecular flexibility index (Phi) is 2.36. The first-order valence-corrected chi connectivity index (χ1v) is 6.61. The summed E-state index contributed by atoms with van der Waals surface area (Å²) in [7, 11) is 1.59. The minimum atomic E-state index is 0.465. The number of fused-ring (bicyclic) bond motifs is 5. The molecule has 4 nitrogen and oxygen atoms in total. The largest absolute Gasteiger partial charge is 0.495 e. The quantitative estimate of drug-likeness (QED) is 0.533. The minimum absolute atomic E-state index is 0.465. The number of imidazole rings is 1. The molecule has 0 aliphatic heterocycles. The van der Waals surface area contributed by atoms with Crippen molar-refractivity contribution in [1.82, 2.24) is 9.38 Å². The van der Waals surface area contributed by atoms with Crippen molar-refractivity contribution in [2.75, 3.05) is 7.11 Å². The third kappa shape index (κ3) is 1.46. The zero-order chi connectivity index (χ0) is 14.4. The number of hydrogen-bond donors (Lipinski definition) is 0. The lowest BCUT2D eigenvalue weighted by atomic mass is 10.1. The fraction of sp³-hybridized carbons (Fsp3) is 0.0588. The maximum absolute atomic E-state index is 9.55. The molecule has 0 saturated heterocycles. The molecular weight excluding hydrogens is 262 g/mol. The number of ether oxygens (including phenoxy) is 1. The molecule has 0 saturated carbocycles. The number of benzene rings is 2. The molecule has 2 aromatic carbocycles. The van der Waals surface area contributed by atoms with E-state index in [4.69, 9.17) is 4.74 Å². The van der Waals surface area contributed by atoms with Gasteiger partial charge >= 0.3 is 0 Å². The zero-order valence-corrected chi connectivity index (χ0v) is 11.4. The number of aromatic nitrogens is 2. The molecule has 0 atom stereocenters. The number of hydrogen-bond acceptors (Lipinski definition) is 3. The molecule has 2 aromatic heterocycles. The first-order valence-electron chi connectivity index (χ1n) is 6.61. The van der Waals surface area contributed by atoms with Gasteiger partial charge in [-0.1, -0.05) is 24.3 Å². The van der Waals surface area contributed by atoms with E-state index in [1.165, 1.54) is 0 Å². The van der Waals surface area contributed by atoms with Crippen LogP contribution in [0.25, 0.3) is 27.6 Å². The van der Waals surface area contributed by atoms with Crippen LogP contribution in [-0.2, 0) is 0 Å². The molecule has 0 fully saturated rings. The number of pyridine rings is 1. The Balaban J connectivity index is 2.41. The lowest BCUT2D eigenvalue weighted by Crippen LogP contribution is -1.97. The van der Waals surface area contributed by atoms with E-state index in [0.29, 0.717) is 17.0 Å². The van der Waals surface area contributed by atoms with Crippen molar-refractivity contribution < 1.29 is 4.74 Å². The number of rotatable bonds is 1. The van der Waals surface area contributed by atoms with Gasteiger partial charge in [-0.05, 0) is 24.3 Å². The molecule has 100 valence electrons. The van der Waals surface area contributed by atoms with E-state index in [2.05, 4.69) is 11.1 Å². The van der Waals surface area contributed by atoms with Gasteiger partial charge in [0.1, 0.15) is 17.4 Å². The van der Waals surface area contributed by atoms with Crippen LogP contribution in [0.1, 0.15) is 5.56 Å². The summed E-state index contributed by atoms with van der Waals surface area (Å²) in [6.07, 6.45) is 0. The van der Waals surface area contributed by atoms with E-state index in [0.717, 1.165) is 21.9 Å². The smallest absolute Gasteiger partial charge is 0.160 e. The average Bonchev–Trinajstić information content (AvgIpc) is 2.92. The van der Waals surface area contributed by atoms with E-state index in [9.17, 15) is 5.26 Å². The van der Waals surface area contributed by atoms with Crippen molar-refractivity contribution in [3.05, 3.63) is 54.1 Å². The molecule has 0 aliphatic carbocycles. The fourth-order valence-corrected chi connectivity index (χ4v) is 2.85. The van der Waals surface area contributed by atoms with Gasteiger partial charge in [0.25, 0.3) is 0 Å². The highest BCUT2D eigenvalue weighted by Gasteiger charge is 2.18. The molecule has 0 N–H and O–H groups in total. The van der Waals surface area contributed by atoms with Gasteiger partial charge in [0, 0.05) is 5.39 Å². The van der Waals surface area contributed by atoms with Crippen molar-refractivity contribution in [2.24, 2.45) is 0 Å². The molecule has 0 aliphatic rings. The van der Waals surface area contributed by atoms with Crippen molar-refractivity contribution in [3.63, 3.8) is 0 Å². The third-order valence-electron chi connectivity index (χ3n) is 3.72. The van der Waals surface area contributed by atoms with Gasteiger partial charge in [-0.3, -0.25) is 4.40 Å². The first kappa shape index (κ1) is 11.7. The van der Waals surface area contributed by atoms with Gasteiger partial charge in [0.2, 0.25) is 0 Å². The summed E-state index contributed by atoms with van der Waals surface area (Å²) in [4.78, 5) is 4.61. The summed E-state index contributed by atoms with van der Waals surface area (Å²) in [6.45, 7) is 0. The maximum atomic E-state index is 9.55. The Bertz CT molecular complexity index is 1040. The van der Waals surface area contributed by atoms with Crippen LogP contribution >= 0.6 is 0 Å². The van der Waals surface area contributed by atoms with E-state index in [1.807, 2.05) is 52.9 Å². The highest BCUT2D eigenvalue weighted by molar-refractivity contribution is 5.97. The van der Waals surface area contributed by atoms with Crippen LogP contribution in [0.2, 0.25) is 0 Å². The molecule has 4 heteroatoms. The lowest BCUT2D eigenvalue weighted by molar-refractivity contribution is 0.418. The molecule has 0 amide bonds. The molecular formula is C17H11N3O. The number of nitrogens with zero attached hydrogens (tertiary/aromatic N) is 3. The molecule has 0 radical (unpaired) electrons. The Labute approximate surface area is 120 Å².